The van der Waals surface area contributed by atoms with Crippen LogP contribution in [-0.4, -0.2) is 12.0 Å². The highest BCUT2D eigenvalue weighted by molar-refractivity contribution is 5.94. The van der Waals surface area contributed by atoms with Gasteiger partial charge in [0.25, 0.3) is 5.91 Å². The van der Waals surface area contributed by atoms with Gasteiger partial charge in [0.1, 0.15) is 11.5 Å². The molecule has 0 radical (unpaired) electrons. The summed E-state index contributed by atoms with van der Waals surface area (Å²) in [5.74, 6) is 0.627. The lowest BCUT2D eigenvalue weighted by atomic mass is 10.2. The maximum atomic E-state index is 13.7. The first kappa shape index (κ1) is 18.5. The quantitative estimate of drug-likeness (QED) is 0.609. The maximum absolute atomic E-state index is 13.7. The zero-order valence-electron chi connectivity index (χ0n) is 14.9. The van der Waals surface area contributed by atoms with Crippen LogP contribution in [0.5, 0.6) is 17.2 Å². The van der Waals surface area contributed by atoms with E-state index in [1.54, 1.807) is 36.4 Å². The molecular formula is C22H20FNO3. The number of ether oxygens (including phenoxy) is 2. The van der Waals surface area contributed by atoms with Gasteiger partial charge in [0.05, 0.1) is 0 Å². The monoisotopic (exact) mass is 365 g/mol. The van der Waals surface area contributed by atoms with Crippen LogP contribution in [0.2, 0.25) is 0 Å². The van der Waals surface area contributed by atoms with Gasteiger partial charge in [-0.1, -0.05) is 37.3 Å². The average Bonchev–Trinajstić information content (AvgIpc) is 2.69. The van der Waals surface area contributed by atoms with E-state index in [0.29, 0.717) is 17.9 Å². The van der Waals surface area contributed by atoms with Crippen LogP contribution in [0.25, 0.3) is 0 Å². The Bertz CT molecular complexity index is 882. The van der Waals surface area contributed by atoms with E-state index >= 15 is 0 Å². The number of rotatable bonds is 7. The minimum atomic E-state index is -0.790. The third kappa shape index (κ3) is 5.07. The van der Waals surface area contributed by atoms with Crippen LogP contribution in [-0.2, 0) is 4.79 Å². The highest BCUT2D eigenvalue weighted by Crippen LogP contribution is 2.23. The number of carbonyl (C=O) groups is 1. The lowest BCUT2D eigenvalue weighted by molar-refractivity contribution is -0.122. The predicted octanol–water partition coefficient (Wildman–Crippen LogP) is 5.41. The largest absolute Gasteiger partial charge is 0.478 e. The number of amides is 1. The summed E-state index contributed by atoms with van der Waals surface area (Å²) in [6.45, 7) is 1.81. The van der Waals surface area contributed by atoms with Crippen LogP contribution in [0.15, 0.2) is 78.9 Å². The second-order valence-corrected chi connectivity index (χ2v) is 5.87. The summed E-state index contributed by atoms with van der Waals surface area (Å²) in [4.78, 5) is 12.4. The van der Waals surface area contributed by atoms with Crippen LogP contribution in [0.4, 0.5) is 10.1 Å². The van der Waals surface area contributed by atoms with Crippen LogP contribution < -0.4 is 14.8 Å². The number of hydrogen-bond donors (Lipinski definition) is 1. The predicted molar refractivity (Wildman–Crippen MR) is 103 cm³/mol. The number of halogens is 1. The van der Waals surface area contributed by atoms with Crippen molar-refractivity contribution in [2.24, 2.45) is 0 Å². The summed E-state index contributed by atoms with van der Waals surface area (Å²) in [6, 6.07) is 22.5. The molecule has 0 saturated carbocycles. The van der Waals surface area contributed by atoms with Gasteiger partial charge in [-0.3, -0.25) is 4.79 Å². The first-order chi connectivity index (χ1) is 13.2. The minimum absolute atomic E-state index is 0.0612. The van der Waals surface area contributed by atoms with Crippen molar-refractivity contribution in [3.05, 3.63) is 84.7 Å². The molecule has 27 heavy (non-hydrogen) atoms. The van der Waals surface area contributed by atoms with Gasteiger partial charge in [-0.25, -0.2) is 4.39 Å². The minimum Gasteiger partial charge on any atom is -0.478 e. The number of hydrogen-bond acceptors (Lipinski definition) is 3. The standard InChI is InChI=1S/C22H20FNO3/c1-2-20(27-21-11-7-6-10-19(21)23)22(25)24-16-12-14-18(15-13-16)26-17-8-4-3-5-9-17/h3-15,20H,2H2,1H3,(H,24,25)/t20-/m0/s1. The first-order valence-corrected chi connectivity index (χ1v) is 8.70. The molecule has 0 spiro atoms. The van der Waals surface area contributed by atoms with Crippen molar-refractivity contribution in [2.45, 2.75) is 19.4 Å². The summed E-state index contributed by atoms with van der Waals surface area (Å²) in [7, 11) is 0. The lowest BCUT2D eigenvalue weighted by Gasteiger charge is -2.17. The molecule has 0 saturated heterocycles. The number of anilines is 1. The van der Waals surface area contributed by atoms with Crippen LogP contribution in [0, 0.1) is 5.82 Å². The van der Waals surface area contributed by atoms with Gasteiger partial charge in [0.15, 0.2) is 17.7 Å². The average molecular weight is 365 g/mol. The Hall–Kier alpha value is -3.34. The fraction of sp³-hybridized carbons (Fsp3) is 0.136. The molecule has 5 heteroatoms. The van der Waals surface area contributed by atoms with Crippen molar-refractivity contribution >= 4 is 11.6 Å². The number of nitrogens with one attached hydrogen (secondary N) is 1. The van der Waals surface area contributed by atoms with Crippen molar-refractivity contribution in [3.63, 3.8) is 0 Å². The van der Waals surface area contributed by atoms with Crippen LogP contribution >= 0.6 is 0 Å². The normalized spacial score (nSPS) is 11.5. The molecule has 0 aliphatic rings. The van der Waals surface area contributed by atoms with E-state index in [1.165, 1.54) is 12.1 Å². The Morgan fingerprint density at radius 1 is 0.926 bits per heavy atom. The van der Waals surface area contributed by atoms with E-state index in [9.17, 15) is 9.18 Å². The topological polar surface area (TPSA) is 47.6 Å². The van der Waals surface area contributed by atoms with Crippen molar-refractivity contribution in [1.82, 2.24) is 0 Å². The molecule has 0 heterocycles. The fourth-order valence-electron chi connectivity index (χ4n) is 2.47. The van der Waals surface area contributed by atoms with Crippen LogP contribution in [0.1, 0.15) is 13.3 Å². The van der Waals surface area contributed by atoms with E-state index < -0.39 is 11.9 Å². The molecule has 0 unspecified atom stereocenters. The van der Waals surface area contributed by atoms with E-state index in [0.717, 1.165) is 5.75 Å². The summed E-state index contributed by atoms with van der Waals surface area (Å²) in [5, 5.41) is 2.78. The Kier molecular flexibility index (Phi) is 6.05. The molecule has 1 atom stereocenters. The molecule has 0 bridgehead atoms. The molecule has 1 N–H and O–H groups in total. The molecule has 138 valence electrons. The molecule has 0 aromatic heterocycles. The van der Waals surface area contributed by atoms with Gasteiger partial charge in [0.2, 0.25) is 0 Å². The Balaban J connectivity index is 1.61. The van der Waals surface area contributed by atoms with Crippen molar-refractivity contribution in [3.8, 4) is 17.2 Å². The molecule has 0 aliphatic heterocycles. The zero-order chi connectivity index (χ0) is 19.1. The molecule has 0 aliphatic carbocycles. The van der Waals surface area contributed by atoms with Gasteiger partial charge < -0.3 is 14.8 Å². The first-order valence-electron chi connectivity index (χ1n) is 8.70. The fourth-order valence-corrected chi connectivity index (χ4v) is 2.47. The van der Waals surface area contributed by atoms with Gasteiger partial charge in [-0.05, 0) is 55.0 Å². The highest BCUT2D eigenvalue weighted by Gasteiger charge is 2.20. The molecule has 4 nitrogen and oxygen atoms in total. The third-order valence-corrected chi connectivity index (χ3v) is 3.87. The summed E-state index contributed by atoms with van der Waals surface area (Å²) < 4.78 is 25.0. The van der Waals surface area contributed by atoms with Gasteiger partial charge in [-0.15, -0.1) is 0 Å². The van der Waals surface area contributed by atoms with E-state index in [-0.39, 0.29) is 11.7 Å². The second-order valence-electron chi connectivity index (χ2n) is 5.87. The molecule has 0 fully saturated rings. The molecule has 1 amide bonds. The number of para-hydroxylation sites is 2. The lowest BCUT2D eigenvalue weighted by Crippen LogP contribution is -2.32. The third-order valence-electron chi connectivity index (χ3n) is 3.87. The van der Waals surface area contributed by atoms with Gasteiger partial charge in [0, 0.05) is 5.69 Å². The Morgan fingerprint density at radius 3 is 2.22 bits per heavy atom. The Labute approximate surface area is 157 Å². The maximum Gasteiger partial charge on any atom is 0.265 e. The molecule has 3 aromatic rings. The van der Waals surface area contributed by atoms with Crippen molar-refractivity contribution in [1.29, 1.82) is 0 Å². The second kappa shape index (κ2) is 8.85. The Morgan fingerprint density at radius 2 is 1.56 bits per heavy atom. The number of benzene rings is 3. The number of carbonyl (C=O) groups excluding carboxylic acids is 1. The van der Waals surface area contributed by atoms with Crippen molar-refractivity contribution < 1.29 is 18.7 Å². The van der Waals surface area contributed by atoms with Crippen molar-refractivity contribution in [2.75, 3.05) is 5.32 Å². The smallest absolute Gasteiger partial charge is 0.265 e. The summed E-state index contributed by atoms with van der Waals surface area (Å²) in [5.41, 5.74) is 0.607. The van der Waals surface area contributed by atoms with E-state index in [2.05, 4.69) is 5.32 Å². The van der Waals surface area contributed by atoms with Gasteiger partial charge in [-0.2, -0.15) is 0 Å². The molecule has 3 aromatic carbocycles. The molecular weight excluding hydrogens is 345 g/mol. The van der Waals surface area contributed by atoms with Gasteiger partial charge >= 0.3 is 0 Å². The zero-order valence-corrected chi connectivity index (χ0v) is 14.9. The SMILES string of the molecule is CC[C@H](Oc1ccccc1F)C(=O)Nc1ccc(Oc2ccccc2)cc1. The summed E-state index contributed by atoms with van der Waals surface area (Å²) in [6.07, 6.45) is -0.378. The highest BCUT2D eigenvalue weighted by atomic mass is 19.1. The molecule has 3 rings (SSSR count). The summed E-state index contributed by atoms with van der Waals surface area (Å²) >= 11 is 0. The van der Waals surface area contributed by atoms with E-state index in [4.69, 9.17) is 9.47 Å². The van der Waals surface area contributed by atoms with Crippen LogP contribution in [0.3, 0.4) is 0 Å². The van der Waals surface area contributed by atoms with E-state index in [1.807, 2.05) is 37.3 Å².